The van der Waals surface area contributed by atoms with Gasteiger partial charge in [-0.3, -0.25) is 4.79 Å². The lowest BCUT2D eigenvalue weighted by atomic mass is 10.1. The molecule has 2 heterocycles. The third-order valence-corrected chi connectivity index (χ3v) is 3.91. The van der Waals surface area contributed by atoms with Crippen molar-refractivity contribution in [2.45, 2.75) is 45.2 Å². The molecule has 1 saturated heterocycles. The van der Waals surface area contributed by atoms with E-state index in [0.717, 1.165) is 19.3 Å². The molecule has 1 fully saturated rings. The fraction of sp³-hybridized carbons (Fsp3) is 0.636. The summed E-state index contributed by atoms with van der Waals surface area (Å²) in [5, 5.41) is 2.21. The van der Waals surface area contributed by atoms with Gasteiger partial charge in [0.1, 0.15) is 5.69 Å². The van der Waals surface area contributed by atoms with Gasteiger partial charge in [0.15, 0.2) is 5.13 Å². The molecule has 4 nitrogen and oxygen atoms in total. The highest BCUT2D eigenvalue weighted by molar-refractivity contribution is 7.13. The van der Waals surface area contributed by atoms with Crippen molar-refractivity contribution in [3.8, 4) is 0 Å². The summed E-state index contributed by atoms with van der Waals surface area (Å²) in [7, 11) is 0. The highest BCUT2D eigenvalue weighted by Crippen LogP contribution is 2.28. The Labute approximate surface area is 99.5 Å². The first-order valence-electron chi connectivity index (χ1n) is 5.67. The molecule has 0 saturated carbocycles. The largest absolute Gasteiger partial charge is 0.375 e. The molecule has 1 aliphatic rings. The van der Waals surface area contributed by atoms with Gasteiger partial charge in [0.2, 0.25) is 0 Å². The van der Waals surface area contributed by atoms with Crippen LogP contribution in [0.3, 0.4) is 0 Å². The molecule has 5 heteroatoms. The van der Waals surface area contributed by atoms with Gasteiger partial charge in [-0.25, -0.2) is 4.98 Å². The first-order valence-corrected chi connectivity index (χ1v) is 6.55. The lowest BCUT2D eigenvalue weighted by Crippen LogP contribution is -2.39. The third-order valence-electron chi connectivity index (χ3n) is 3.23. The molecule has 2 rings (SSSR count). The van der Waals surface area contributed by atoms with Gasteiger partial charge < -0.3 is 10.6 Å². The zero-order chi connectivity index (χ0) is 11.7. The number of anilines is 1. The van der Waals surface area contributed by atoms with Crippen molar-refractivity contribution in [2.24, 2.45) is 0 Å². The van der Waals surface area contributed by atoms with Gasteiger partial charge >= 0.3 is 0 Å². The van der Waals surface area contributed by atoms with Crippen LogP contribution in [0.1, 0.15) is 43.6 Å². The average Bonchev–Trinajstić information content (AvgIpc) is 2.83. The fourth-order valence-electron chi connectivity index (χ4n) is 2.36. The number of carbonyl (C=O) groups excluding carboxylic acids is 1. The van der Waals surface area contributed by atoms with Crippen molar-refractivity contribution < 1.29 is 4.79 Å². The topological polar surface area (TPSA) is 59.2 Å². The Morgan fingerprint density at radius 2 is 2.44 bits per heavy atom. The van der Waals surface area contributed by atoms with E-state index in [9.17, 15) is 4.79 Å². The molecule has 16 heavy (non-hydrogen) atoms. The number of hydrogen-bond acceptors (Lipinski definition) is 4. The number of rotatable bonds is 2. The number of thiazole rings is 1. The second-order valence-electron chi connectivity index (χ2n) is 4.27. The summed E-state index contributed by atoms with van der Waals surface area (Å²) in [4.78, 5) is 18.3. The Balaban J connectivity index is 2.20. The van der Waals surface area contributed by atoms with E-state index in [0.29, 0.717) is 22.9 Å². The van der Waals surface area contributed by atoms with Gasteiger partial charge in [-0.2, -0.15) is 0 Å². The minimum atomic E-state index is 0.0322. The van der Waals surface area contributed by atoms with E-state index in [2.05, 4.69) is 18.8 Å². The molecule has 1 amide bonds. The highest BCUT2D eigenvalue weighted by Gasteiger charge is 2.34. The Hall–Kier alpha value is -1.10. The van der Waals surface area contributed by atoms with E-state index in [1.807, 2.05) is 4.90 Å². The van der Waals surface area contributed by atoms with E-state index in [1.165, 1.54) is 11.3 Å². The SMILES string of the molecule is CCC1CCC(C)N1C(=O)c1csc(N)n1. The monoisotopic (exact) mass is 239 g/mol. The van der Waals surface area contributed by atoms with Gasteiger partial charge in [-0.1, -0.05) is 6.92 Å². The van der Waals surface area contributed by atoms with Crippen LogP contribution in [0, 0.1) is 0 Å². The van der Waals surface area contributed by atoms with Crippen LogP contribution in [-0.2, 0) is 0 Å². The molecule has 1 aromatic rings. The first-order chi connectivity index (χ1) is 7.63. The summed E-state index contributed by atoms with van der Waals surface area (Å²) in [6.07, 6.45) is 3.20. The molecular weight excluding hydrogens is 222 g/mol. The molecule has 0 spiro atoms. The smallest absolute Gasteiger partial charge is 0.273 e. The zero-order valence-electron chi connectivity index (χ0n) is 9.64. The standard InChI is InChI=1S/C11H17N3OS/c1-3-8-5-4-7(2)14(8)10(15)9-6-16-11(12)13-9/h6-8H,3-5H2,1-2H3,(H2,12,13). The van der Waals surface area contributed by atoms with Crippen molar-refractivity contribution in [2.75, 3.05) is 5.73 Å². The number of amides is 1. The number of hydrogen-bond donors (Lipinski definition) is 1. The molecule has 0 radical (unpaired) electrons. The van der Waals surface area contributed by atoms with Crippen LogP contribution in [0.2, 0.25) is 0 Å². The minimum Gasteiger partial charge on any atom is -0.375 e. The average molecular weight is 239 g/mol. The molecular formula is C11H17N3OS. The number of likely N-dealkylation sites (tertiary alicyclic amines) is 1. The van der Waals surface area contributed by atoms with Gasteiger partial charge in [0.25, 0.3) is 5.91 Å². The van der Waals surface area contributed by atoms with E-state index >= 15 is 0 Å². The predicted octanol–water partition coefficient (Wildman–Crippen LogP) is 2.13. The molecule has 0 aliphatic carbocycles. The number of nitrogens with two attached hydrogens (primary N) is 1. The van der Waals surface area contributed by atoms with Crippen molar-refractivity contribution in [3.63, 3.8) is 0 Å². The molecule has 2 unspecified atom stereocenters. The second kappa shape index (κ2) is 4.41. The zero-order valence-corrected chi connectivity index (χ0v) is 10.5. The minimum absolute atomic E-state index is 0.0322. The van der Waals surface area contributed by atoms with E-state index in [-0.39, 0.29) is 5.91 Å². The molecule has 88 valence electrons. The van der Waals surface area contributed by atoms with Crippen molar-refractivity contribution in [3.05, 3.63) is 11.1 Å². The summed E-state index contributed by atoms with van der Waals surface area (Å²) in [5.41, 5.74) is 6.05. The van der Waals surface area contributed by atoms with Crippen LogP contribution in [0.15, 0.2) is 5.38 Å². The van der Waals surface area contributed by atoms with Gasteiger partial charge in [0.05, 0.1) is 0 Å². The number of aromatic nitrogens is 1. The fourth-order valence-corrected chi connectivity index (χ4v) is 2.89. The number of carbonyl (C=O) groups is 1. The highest BCUT2D eigenvalue weighted by atomic mass is 32.1. The molecule has 0 aromatic carbocycles. The summed E-state index contributed by atoms with van der Waals surface area (Å²) >= 11 is 1.32. The van der Waals surface area contributed by atoms with Gasteiger partial charge in [-0.15, -0.1) is 11.3 Å². The van der Waals surface area contributed by atoms with E-state index in [4.69, 9.17) is 5.73 Å². The first kappa shape index (κ1) is 11.4. The van der Waals surface area contributed by atoms with Crippen LogP contribution >= 0.6 is 11.3 Å². The van der Waals surface area contributed by atoms with Crippen LogP contribution in [0.4, 0.5) is 5.13 Å². The second-order valence-corrected chi connectivity index (χ2v) is 5.16. The Bertz CT molecular complexity index is 390. The number of nitrogen functional groups attached to an aromatic ring is 1. The summed E-state index contributed by atoms with van der Waals surface area (Å²) < 4.78 is 0. The molecule has 2 N–H and O–H groups in total. The maximum Gasteiger partial charge on any atom is 0.273 e. The van der Waals surface area contributed by atoms with Gasteiger partial charge in [0, 0.05) is 17.5 Å². The van der Waals surface area contributed by atoms with Crippen molar-refractivity contribution >= 4 is 22.4 Å². The quantitative estimate of drug-likeness (QED) is 0.860. The Kier molecular flexibility index (Phi) is 3.14. The number of nitrogens with zero attached hydrogens (tertiary/aromatic N) is 2. The maximum absolute atomic E-state index is 12.3. The molecule has 0 bridgehead atoms. The lowest BCUT2D eigenvalue weighted by molar-refractivity contribution is 0.0671. The van der Waals surface area contributed by atoms with E-state index < -0.39 is 0 Å². The van der Waals surface area contributed by atoms with Crippen LogP contribution in [-0.4, -0.2) is 27.9 Å². The van der Waals surface area contributed by atoms with E-state index in [1.54, 1.807) is 5.38 Å². The van der Waals surface area contributed by atoms with Crippen LogP contribution in [0.5, 0.6) is 0 Å². The normalized spacial score (nSPS) is 25.0. The summed E-state index contributed by atoms with van der Waals surface area (Å²) in [5.74, 6) is 0.0322. The lowest BCUT2D eigenvalue weighted by Gasteiger charge is -2.27. The molecule has 1 aromatic heterocycles. The summed E-state index contributed by atoms with van der Waals surface area (Å²) in [6.45, 7) is 4.22. The third kappa shape index (κ3) is 1.91. The van der Waals surface area contributed by atoms with Crippen molar-refractivity contribution in [1.29, 1.82) is 0 Å². The molecule has 2 atom stereocenters. The summed E-state index contributed by atoms with van der Waals surface area (Å²) in [6, 6.07) is 0.686. The predicted molar refractivity (Wildman–Crippen MR) is 65.5 cm³/mol. The molecule has 1 aliphatic heterocycles. The van der Waals surface area contributed by atoms with Gasteiger partial charge in [-0.05, 0) is 26.2 Å². The Morgan fingerprint density at radius 3 is 3.00 bits per heavy atom. The Morgan fingerprint density at radius 1 is 1.69 bits per heavy atom. The van der Waals surface area contributed by atoms with Crippen LogP contribution < -0.4 is 5.73 Å². The maximum atomic E-state index is 12.3. The van der Waals surface area contributed by atoms with Crippen molar-refractivity contribution in [1.82, 2.24) is 9.88 Å². The van der Waals surface area contributed by atoms with Crippen LogP contribution in [0.25, 0.3) is 0 Å².